The highest BCUT2D eigenvalue weighted by molar-refractivity contribution is 7.22. The monoisotopic (exact) mass is 477 g/mol. The second-order valence-corrected chi connectivity index (χ2v) is 8.25. The van der Waals surface area contributed by atoms with Crippen LogP contribution >= 0.6 is 23.7 Å². The van der Waals surface area contributed by atoms with Crippen LogP contribution in [0.3, 0.4) is 0 Å². The third-order valence-corrected chi connectivity index (χ3v) is 6.50. The van der Waals surface area contributed by atoms with E-state index >= 15 is 0 Å². The molecule has 3 rings (SSSR count). The largest absolute Gasteiger partial charge is 0.497 e. The zero-order valence-electron chi connectivity index (χ0n) is 19.4. The van der Waals surface area contributed by atoms with E-state index in [2.05, 4.69) is 37.8 Å². The predicted octanol–water partition coefficient (Wildman–Crippen LogP) is 5.29. The number of carbonyl (C=O) groups excluding carboxylic acids is 1. The van der Waals surface area contributed by atoms with E-state index in [0.717, 1.165) is 36.3 Å². The molecule has 0 saturated heterocycles. The van der Waals surface area contributed by atoms with Gasteiger partial charge in [0, 0.05) is 24.7 Å². The molecule has 1 amide bonds. The summed E-state index contributed by atoms with van der Waals surface area (Å²) in [6.07, 6.45) is 0.970. The first-order valence-corrected chi connectivity index (χ1v) is 11.5. The zero-order chi connectivity index (χ0) is 22.4. The Morgan fingerprint density at radius 3 is 2.19 bits per heavy atom. The van der Waals surface area contributed by atoms with Gasteiger partial charge < -0.3 is 14.4 Å². The first-order chi connectivity index (χ1) is 15.0. The van der Waals surface area contributed by atoms with Crippen molar-refractivity contribution in [2.75, 3.05) is 45.3 Å². The van der Waals surface area contributed by atoms with Gasteiger partial charge in [-0.3, -0.25) is 9.69 Å². The Kier molecular flexibility index (Phi) is 9.75. The summed E-state index contributed by atoms with van der Waals surface area (Å²) in [4.78, 5) is 22.5. The number of hydrogen-bond acceptors (Lipinski definition) is 6. The summed E-state index contributed by atoms with van der Waals surface area (Å²) >= 11 is 1.56. The molecule has 3 aromatic rings. The Morgan fingerprint density at radius 1 is 0.969 bits per heavy atom. The summed E-state index contributed by atoms with van der Waals surface area (Å²) in [6, 6.07) is 11.6. The molecule has 0 saturated carbocycles. The summed E-state index contributed by atoms with van der Waals surface area (Å²) in [5.74, 6) is 1.06. The van der Waals surface area contributed by atoms with Crippen molar-refractivity contribution in [3.8, 4) is 11.5 Å². The van der Waals surface area contributed by atoms with E-state index in [-0.39, 0.29) is 18.3 Å². The molecule has 1 heterocycles. The van der Waals surface area contributed by atoms with Gasteiger partial charge in [0.2, 0.25) is 0 Å². The SMILES string of the molecule is CCc1ccc2nc(N(CCN(CC)CC)C(=O)c3cc(OC)cc(OC)c3)sc2c1.Cl. The van der Waals surface area contributed by atoms with Gasteiger partial charge in [-0.15, -0.1) is 12.4 Å². The van der Waals surface area contributed by atoms with Crippen LogP contribution in [0, 0.1) is 0 Å². The highest BCUT2D eigenvalue weighted by Gasteiger charge is 2.23. The number of aromatic nitrogens is 1. The van der Waals surface area contributed by atoms with E-state index in [4.69, 9.17) is 14.5 Å². The summed E-state index contributed by atoms with van der Waals surface area (Å²) in [5, 5.41) is 0.710. The number of ether oxygens (including phenoxy) is 2. The third-order valence-electron chi connectivity index (χ3n) is 5.46. The maximum atomic E-state index is 13.6. The smallest absolute Gasteiger partial charge is 0.260 e. The van der Waals surface area contributed by atoms with Crippen LogP contribution in [0.4, 0.5) is 5.13 Å². The Hall–Kier alpha value is -2.35. The number of hydrogen-bond donors (Lipinski definition) is 0. The maximum absolute atomic E-state index is 13.6. The molecule has 0 atom stereocenters. The minimum Gasteiger partial charge on any atom is -0.497 e. The van der Waals surface area contributed by atoms with Crippen molar-refractivity contribution >= 4 is 45.0 Å². The molecule has 0 N–H and O–H groups in total. The lowest BCUT2D eigenvalue weighted by Gasteiger charge is -2.25. The number of methoxy groups -OCH3 is 2. The van der Waals surface area contributed by atoms with Crippen LogP contribution < -0.4 is 14.4 Å². The molecule has 2 aromatic carbocycles. The summed E-state index contributed by atoms with van der Waals surface area (Å²) < 4.78 is 11.8. The average Bonchev–Trinajstić information content (AvgIpc) is 3.23. The number of aryl methyl sites for hydroxylation is 1. The lowest BCUT2D eigenvalue weighted by Crippen LogP contribution is -2.38. The van der Waals surface area contributed by atoms with Gasteiger partial charge in [-0.05, 0) is 49.3 Å². The molecule has 1 aromatic heterocycles. The van der Waals surface area contributed by atoms with E-state index in [1.807, 2.05) is 6.07 Å². The fourth-order valence-electron chi connectivity index (χ4n) is 3.44. The van der Waals surface area contributed by atoms with Crippen LogP contribution in [0.2, 0.25) is 0 Å². The number of nitrogens with zero attached hydrogens (tertiary/aromatic N) is 3. The van der Waals surface area contributed by atoms with Crippen molar-refractivity contribution in [2.24, 2.45) is 0 Å². The van der Waals surface area contributed by atoms with Crippen molar-refractivity contribution in [2.45, 2.75) is 27.2 Å². The van der Waals surface area contributed by atoms with Gasteiger partial charge in [0.05, 0.1) is 24.4 Å². The second-order valence-electron chi connectivity index (χ2n) is 7.24. The average molecular weight is 478 g/mol. The number of amides is 1. The predicted molar refractivity (Wildman–Crippen MR) is 135 cm³/mol. The molecule has 0 fully saturated rings. The van der Waals surface area contributed by atoms with E-state index in [1.54, 1.807) is 48.7 Å². The number of likely N-dealkylation sites (N-methyl/N-ethyl adjacent to an activating group) is 1. The number of fused-ring (bicyclic) bond motifs is 1. The number of thiazole rings is 1. The van der Waals surface area contributed by atoms with Gasteiger partial charge in [-0.25, -0.2) is 4.98 Å². The summed E-state index contributed by atoms with van der Waals surface area (Å²) in [7, 11) is 3.17. The van der Waals surface area contributed by atoms with Crippen molar-refractivity contribution in [1.82, 2.24) is 9.88 Å². The molecular weight excluding hydrogens is 446 g/mol. The second kappa shape index (κ2) is 12.0. The standard InChI is InChI=1S/C24H31N3O3S.ClH/c1-6-17-9-10-21-22(13-17)31-24(25-21)27(12-11-26(7-2)8-3)23(28)18-14-19(29-4)16-20(15-18)30-5;/h9-10,13-16H,6-8,11-12H2,1-5H3;1H. The fourth-order valence-corrected chi connectivity index (χ4v) is 4.50. The number of halogens is 1. The summed E-state index contributed by atoms with van der Waals surface area (Å²) in [5.41, 5.74) is 2.70. The molecule has 6 nitrogen and oxygen atoms in total. The molecular formula is C24H32ClN3O3S. The van der Waals surface area contributed by atoms with Gasteiger partial charge >= 0.3 is 0 Å². The molecule has 0 radical (unpaired) electrons. The Morgan fingerprint density at radius 2 is 1.62 bits per heavy atom. The van der Waals surface area contributed by atoms with Gasteiger partial charge in [0.25, 0.3) is 5.91 Å². The lowest BCUT2D eigenvalue weighted by atomic mass is 10.1. The van der Waals surface area contributed by atoms with Crippen LogP contribution in [0.15, 0.2) is 36.4 Å². The van der Waals surface area contributed by atoms with Crippen LogP contribution in [-0.2, 0) is 6.42 Å². The first-order valence-electron chi connectivity index (χ1n) is 10.7. The first kappa shape index (κ1) is 25.9. The Labute approximate surface area is 200 Å². The lowest BCUT2D eigenvalue weighted by molar-refractivity contribution is 0.0983. The number of anilines is 1. The molecule has 0 aliphatic heterocycles. The zero-order valence-corrected chi connectivity index (χ0v) is 21.0. The topological polar surface area (TPSA) is 54.9 Å². The fraction of sp³-hybridized carbons (Fsp3) is 0.417. The Balaban J connectivity index is 0.00000363. The molecule has 32 heavy (non-hydrogen) atoms. The van der Waals surface area contributed by atoms with Gasteiger partial charge in [0.1, 0.15) is 11.5 Å². The molecule has 0 bridgehead atoms. The number of benzene rings is 2. The van der Waals surface area contributed by atoms with E-state index in [1.165, 1.54) is 5.56 Å². The quantitative estimate of drug-likeness (QED) is 0.397. The molecule has 0 aliphatic rings. The van der Waals surface area contributed by atoms with Crippen molar-refractivity contribution in [1.29, 1.82) is 0 Å². The van der Waals surface area contributed by atoms with Crippen LogP contribution in [0.5, 0.6) is 11.5 Å². The van der Waals surface area contributed by atoms with Crippen LogP contribution in [0.25, 0.3) is 10.2 Å². The normalized spacial score (nSPS) is 10.8. The third kappa shape index (κ3) is 5.91. The van der Waals surface area contributed by atoms with Crippen molar-refractivity contribution < 1.29 is 14.3 Å². The van der Waals surface area contributed by atoms with Crippen molar-refractivity contribution in [3.63, 3.8) is 0 Å². The van der Waals surface area contributed by atoms with Crippen LogP contribution in [-0.4, -0.2) is 56.2 Å². The number of carbonyl (C=O) groups is 1. The van der Waals surface area contributed by atoms with Crippen molar-refractivity contribution in [3.05, 3.63) is 47.5 Å². The van der Waals surface area contributed by atoms with E-state index < -0.39 is 0 Å². The molecule has 0 spiro atoms. The molecule has 0 unspecified atom stereocenters. The molecule has 8 heteroatoms. The molecule has 0 aliphatic carbocycles. The Bertz CT molecular complexity index is 1010. The summed E-state index contributed by atoms with van der Waals surface area (Å²) in [6.45, 7) is 9.60. The minimum absolute atomic E-state index is 0. The van der Waals surface area contributed by atoms with E-state index in [9.17, 15) is 4.79 Å². The minimum atomic E-state index is -0.112. The van der Waals surface area contributed by atoms with E-state index in [0.29, 0.717) is 28.7 Å². The van der Waals surface area contributed by atoms with Crippen LogP contribution in [0.1, 0.15) is 36.7 Å². The van der Waals surface area contributed by atoms with Gasteiger partial charge in [0.15, 0.2) is 5.13 Å². The van der Waals surface area contributed by atoms with Gasteiger partial charge in [-0.2, -0.15) is 0 Å². The van der Waals surface area contributed by atoms with Gasteiger partial charge in [-0.1, -0.05) is 38.2 Å². The maximum Gasteiger partial charge on any atom is 0.260 e. The highest BCUT2D eigenvalue weighted by atomic mass is 35.5. The molecule has 174 valence electrons. The number of rotatable bonds is 10. The highest BCUT2D eigenvalue weighted by Crippen LogP contribution is 2.32.